The number of aromatic nitrogens is 3. The van der Waals surface area contributed by atoms with E-state index < -0.39 is 17.5 Å². The summed E-state index contributed by atoms with van der Waals surface area (Å²) in [5.41, 5.74) is 6.71. The van der Waals surface area contributed by atoms with Crippen molar-refractivity contribution in [2.45, 2.75) is 18.6 Å². The highest BCUT2D eigenvalue weighted by Gasteiger charge is 2.46. The molecule has 8 nitrogen and oxygen atoms in total. The Labute approximate surface area is 173 Å². The quantitative estimate of drug-likeness (QED) is 0.411. The minimum atomic E-state index is -1.09. The standard InChI is InChI=1S/C18H18FIN6O2/c1-9(21)18(28)7-26(8-18)17(27)11-5-15-16(24-25-23-15)6-14(11)22-13-3-2-10(20)4-12(13)19/h2-6,9,22,28H,7-8,21H2,1H3,(H,23,24,25)/t9-/m0/s1. The number of β-amino-alcohol motifs (C(OH)–C–C–N with tert-alkyl or cyclic N) is 1. The zero-order valence-corrected chi connectivity index (χ0v) is 17.1. The summed E-state index contributed by atoms with van der Waals surface area (Å²) < 4.78 is 15.1. The molecule has 0 radical (unpaired) electrons. The van der Waals surface area contributed by atoms with Gasteiger partial charge in [-0.25, -0.2) is 4.39 Å². The Balaban J connectivity index is 1.69. The van der Waals surface area contributed by atoms with E-state index in [-0.39, 0.29) is 24.7 Å². The number of halogens is 2. The molecule has 0 unspecified atom stereocenters. The molecule has 0 bridgehead atoms. The molecular formula is C18H18FIN6O2. The first-order valence-corrected chi connectivity index (χ1v) is 9.68. The molecule has 0 saturated carbocycles. The number of carbonyl (C=O) groups excluding carboxylic acids is 1. The fraction of sp³-hybridized carbons (Fsp3) is 0.278. The van der Waals surface area contributed by atoms with Crippen LogP contribution in [0.2, 0.25) is 0 Å². The van der Waals surface area contributed by atoms with Crippen molar-refractivity contribution >= 4 is 50.9 Å². The number of hydrogen-bond donors (Lipinski definition) is 4. The monoisotopic (exact) mass is 496 g/mol. The van der Waals surface area contributed by atoms with Crippen molar-refractivity contribution in [1.82, 2.24) is 20.3 Å². The predicted molar refractivity (Wildman–Crippen MR) is 111 cm³/mol. The largest absolute Gasteiger partial charge is 0.385 e. The van der Waals surface area contributed by atoms with E-state index in [4.69, 9.17) is 5.73 Å². The van der Waals surface area contributed by atoms with Crippen molar-refractivity contribution in [2.24, 2.45) is 5.73 Å². The van der Waals surface area contributed by atoms with Gasteiger partial charge in [0.05, 0.1) is 30.0 Å². The summed E-state index contributed by atoms with van der Waals surface area (Å²) in [5, 5.41) is 23.9. The smallest absolute Gasteiger partial charge is 0.256 e. The Morgan fingerprint density at radius 3 is 2.64 bits per heavy atom. The van der Waals surface area contributed by atoms with Crippen LogP contribution in [0, 0.1) is 9.39 Å². The van der Waals surface area contributed by atoms with Crippen molar-refractivity contribution < 1.29 is 14.3 Å². The molecular weight excluding hydrogens is 478 g/mol. The van der Waals surface area contributed by atoms with Crippen molar-refractivity contribution in [3.63, 3.8) is 0 Å². The fourth-order valence-electron chi connectivity index (χ4n) is 3.12. The molecule has 1 aromatic heterocycles. The van der Waals surface area contributed by atoms with Crippen molar-refractivity contribution in [1.29, 1.82) is 0 Å². The van der Waals surface area contributed by atoms with Gasteiger partial charge in [-0.3, -0.25) is 4.79 Å². The first-order chi connectivity index (χ1) is 13.3. The van der Waals surface area contributed by atoms with Crippen LogP contribution >= 0.6 is 22.6 Å². The molecule has 3 aromatic rings. The topological polar surface area (TPSA) is 120 Å². The normalized spacial score (nSPS) is 16.7. The van der Waals surface area contributed by atoms with E-state index in [2.05, 4.69) is 20.7 Å². The lowest BCUT2D eigenvalue weighted by Crippen LogP contribution is -2.70. The molecule has 2 aromatic carbocycles. The van der Waals surface area contributed by atoms with Gasteiger partial charge in [0.25, 0.3) is 5.91 Å². The molecule has 0 spiro atoms. The minimum Gasteiger partial charge on any atom is -0.385 e. The lowest BCUT2D eigenvalue weighted by Gasteiger charge is -2.48. The Morgan fingerprint density at radius 2 is 2.00 bits per heavy atom. The number of likely N-dealkylation sites (tertiary alicyclic amines) is 1. The maximum absolute atomic E-state index is 14.3. The van der Waals surface area contributed by atoms with Gasteiger partial charge in [-0.1, -0.05) is 0 Å². The number of nitrogens with one attached hydrogen (secondary N) is 2. The van der Waals surface area contributed by atoms with Gasteiger partial charge in [0, 0.05) is 9.61 Å². The number of aliphatic hydroxyl groups is 1. The van der Waals surface area contributed by atoms with E-state index in [1.165, 1.54) is 11.0 Å². The van der Waals surface area contributed by atoms with Crippen LogP contribution in [-0.2, 0) is 0 Å². The van der Waals surface area contributed by atoms with Gasteiger partial charge in [-0.15, -0.1) is 0 Å². The lowest BCUT2D eigenvalue weighted by atomic mass is 9.87. The van der Waals surface area contributed by atoms with Crippen molar-refractivity contribution in [2.75, 3.05) is 18.4 Å². The highest BCUT2D eigenvalue weighted by atomic mass is 127. The molecule has 1 fully saturated rings. The van der Waals surface area contributed by atoms with E-state index >= 15 is 0 Å². The van der Waals surface area contributed by atoms with E-state index in [0.717, 1.165) is 3.57 Å². The van der Waals surface area contributed by atoms with Gasteiger partial charge < -0.3 is 21.1 Å². The zero-order valence-electron chi connectivity index (χ0n) is 14.9. The SMILES string of the molecule is C[C@H](N)C1(O)CN(C(=O)c2cc3n[nH]nc3cc2Nc2ccc(I)cc2F)C1. The van der Waals surface area contributed by atoms with Crippen LogP contribution in [0.4, 0.5) is 15.8 Å². The third-order valence-corrected chi connectivity index (χ3v) is 5.62. The summed E-state index contributed by atoms with van der Waals surface area (Å²) in [4.78, 5) is 14.5. The summed E-state index contributed by atoms with van der Waals surface area (Å²) in [6.07, 6.45) is 0. The predicted octanol–water partition coefficient (Wildman–Crippen LogP) is 1.98. The second-order valence-corrected chi connectivity index (χ2v) is 8.26. The van der Waals surface area contributed by atoms with E-state index in [1.54, 1.807) is 31.2 Å². The highest BCUT2D eigenvalue weighted by Crippen LogP contribution is 2.31. The second kappa shape index (κ2) is 6.94. The number of nitrogens with zero attached hydrogens (tertiary/aromatic N) is 3. The maximum atomic E-state index is 14.3. The van der Waals surface area contributed by atoms with Gasteiger partial charge in [-0.05, 0) is 59.8 Å². The average Bonchev–Trinajstić information content (AvgIpc) is 3.07. The van der Waals surface area contributed by atoms with Gasteiger partial charge in [-0.2, -0.15) is 15.4 Å². The minimum absolute atomic E-state index is 0.137. The number of nitrogens with two attached hydrogens (primary N) is 1. The van der Waals surface area contributed by atoms with E-state index in [1.807, 2.05) is 22.6 Å². The summed E-state index contributed by atoms with van der Waals surface area (Å²) in [5.74, 6) is -0.732. The van der Waals surface area contributed by atoms with E-state index in [0.29, 0.717) is 22.3 Å². The number of H-pyrrole nitrogens is 1. The van der Waals surface area contributed by atoms with Crippen LogP contribution in [0.5, 0.6) is 0 Å². The Hall–Kier alpha value is -2.31. The molecule has 1 saturated heterocycles. The van der Waals surface area contributed by atoms with Gasteiger partial charge in [0.15, 0.2) is 0 Å². The average molecular weight is 496 g/mol. The first-order valence-electron chi connectivity index (χ1n) is 8.61. The number of carbonyl (C=O) groups is 1. The number of anilines is 2. The molecule has 1 amide bonds. The van der Waals surface area contributed by atoms with Gasteiger partial charge in [0.1, 0.15) is 22.5 Å². The van der Waals surface area contributed by atoms with Crippen molar-refractivity contribution in [3.8, 4) is 0 Å². The molecule has 2 heterocycles. The summed E-state index contributed by atoms with van der Waals surface area (Å²) in [6.45, 7) is 1.98. The summed E-state index contributed by atoms with van der Waals surface area (Å²) >= 11 is 2.03. The lowest BCUT2D eigenvalue weighted by molar-refractivity contribution is -0.0931. The Bertz CT molecular complexity index is 1060. The van der Waals surface area contributed by atoms with Gasteiger partial charge >= 0.3 is 0 Å². The first kappa shape index (κ1) is 19.0. The van der Waals surface area contributed by atoms with Crippen LogP contribution in [0.25, 0.3) is 11.0 Å². The molecule has 1 aliphatic rings. The number of aromatic amines is 1. The van der Waals surface area contributed by atoms with Crippen LogP contribution < -0.4 is 11.1 Å². The summed E-state index contributed by atoms with van der Waals surface area (Å²) in [7, 11) is 0. The number of rotatable bonds is 4. The van der Waals surface area contributed by atoms with Gasteiger partial charge in [0.2, 0.25) is 0 Å². The number of fused-ring (bicyclic) bond motifs is 1. The second-order valence-electron chi connectivity index (χ2n) is 7.01. The highest BCUT2D eigenvalue weighted by molar-refractivity contribution is 14.1. The number of benzene rings is 2. The number of amides is 1. The molecule has 146 valence electrons. The molecule has 5 N–H and O–H groups in total. The maximum Gasteiger partial charge on any atom is 0.256 e. The molecule has 1 aliphatic heterocycles. The van der Waals surface area contributed by atoms with Crippen molar-refractivity contribution in [3.05, 3.63) is 45.3 Å². The zero-order chi connectivity index (χ0) is 20.1. The fourth-order valence-corrected chi connectivity index (χ4v) is 3.57. The molecule has 10 heteroatoms. The third kappa shape index (κ3) is 3.31. The summed E-state index contributed by atoms with van der Waals surface area (Å²) in [6, 6.07) is 7.56. The number of hydrogen-bond acceptors (Lipinski definition) is 6. The molecule has 4 rings (SSSR count). The Kier molecular flexibility index (Phi) is 4.71. The van der Waals surface area contributed by atoms with Crippen LogP contribution in [0.15, 0.2) is 30.3 Å². The molecule has 0 aliphatic carbocycles. The Morgan fingerprint density at radius 1 is 1.32 bits per heavy atom. The van der Waals surface area contributed by atoms with Crippen LogP contribution in [-0.4, -0.2) is 56.1 Å². The van der Waals surface area contributed by atoms with E-state index in [9.17, 15) is 14.3 Å². The van der Waals surface area contributed by atoms with Crippen LogP contribution in [0.1, 0.15) is 17.3 Å². The third-order valence-electron chi connectivity index (χ3n) is 4.95. The molecule has 28 heavy (non-hydrogen) atoms. The van der Waals surface area contributed by atoms with Crippen LogP contribution in [0.3, 0.4) is 0 Å². The molecule has 1 atom stereocenters.